The van der Waals surface area contributed by atoms with Crippen molar-refractivity contribution in [1.82, 2.24) is 10.3 Å². The lowest BCUT2D eigenvalue weighted by Crippen LogP contribution is -2.23. The highest BCUT2D eigenvalue weighted by Crippen LogP contribution is 2.17. The fourth-order valence-electron chi connectivity index (χ4n) is 2.10. The molecule has 2 aromatic heterocycles. The number of anilines is 2. The third-order valence-electron chi connectivity index (χ3n) is 3.30. The summed E-state index contributed by atoms with van der Waals surface area (Å²) in [4.78, 5) is 16.2. The highest BCUT2D eigenvalue weighted by atomic mass is 16.3. The number of pyridine rings is 1. The Kier molecular flexibility index (Phi) is 4.54. The van der Waals surface area contributed by atoms with Gasteiger partial charge in [-0.25, -0.2) is 0 Å². The zero-order valence-electron chi connectivity index (χ0n) is 12.7. The van der Waals surface area contributed by atoms with Crippen LogP contribution in [0.25, 0.3) is 0 Å². The molecule has 24 heavy (non-hydrogen) atoms. The van der Waals surface area contributed by atoms with Crippen LogP contribution in [0, 0.1) is 11.3 Å². The van der Waals surface area contributed by atoms with E-state index in [0.29, 0.717) is 23.6 Å². The molecular formula is C18H14N4O2. The molecule has 0 aliphatic heterocycles. The lowest BCUT2D eigenvalue weighted by molar-refractivity contribution is 0.0943. The van der Waals surface area contributed by atoms with E-state index in [1.54, 1.807) is 61.0 Å². The predicted octanol–water partition coefficient (Wildman–Crippen LogP) is 3.22. The van der Waals surface area contributed by atoms with Crippen LogP contribution in [0.2, 0.25) is 0 Å². The number of rotatable bonds is 5. The van der Waals surface area contributed by atoms with E-state index < -0.39 is 0 Å². The first-order valence-corrected chi connectivity index (χ1v) is 7.28. The van der Waals surface area contributed by atoms with Gasteiger partial charge in [0.1, 0.15) is 11.5 Å². The number of amides is 1. The number of nitrogens with one attached hydrogen (secondary N) is 2. The molecule has 1 amide bonds. The average molecular weight is 318 g/mol. The molecule has 2 N–H and O–H groups in total. The van der Waals surface area contributed by atoms with Crippen LogP contribution < -0.4 is 10.6 Å². The molecule has 0 saturated carbocycles. The SMILES string of the molecule is N#Cc1ccc(Nc2ccnc(C(=O)NCc3ccco3)c2)cc1. The van der Waals surface area contributed by atoms with Gasteiger partial charge in [0.25, 0.3) is 5.91 Å². The molecule has 2 heterocycles. The fourth-order valence-corrected chi connectivity index (χ4v) is 2.10. The third kappa shape index (κ3) is 3.78. The number of hydrogen-bond donors (Lipinski definition) is 2. The van der Waals surface area contributed by atoms with Gasteiger partial charge >= 0.3 is 0 Å². The van der Waals surface area contributed by atoms with E-state index in [9.17, 15) is 4.79 Å². The highest BCUT2D eigenvalue weighted by Gasteiger charge is 2.08. The van der Waals surface area contributed by atoms with Crippen LogP contribution in [-0.4, -0.2) is 10.9 Å². The second kappa shape index (κ2) is 7.11. The Morgan fingerprint density at radius 2 is 2.00 bits per heavy atom. The van der Waals surface area contributed by atoms with Crippen LogP contribution in [0.4, 0.5) is 11.4 Å². The Bertz CT molecular complexity index is 865. The molecule has 0 spiro atoms. The van der Waals surface area contributed by atoms with E-state index in [4.69, 9.17) is 9.68 Å². The van der Waals surface area contributed by atoms with Gasteiger partial charge in [0, 0.05) is 17.6 Å². The summed E-state index contributed by atoms with van der Waals surface area (Å²) in [5, 5.41) is 14.7. The molecule has 0 atom stereocenters. The normalized spacial score (nSPS) is 9.96. The fraction of sp³-hybridized carbons (Fsp3) is 0.0556. The number of benzene rings is 1. The summed E-state index contributed by atoms with van der Waals surface area (Å²) >= 11 is 0. The average Bonchev–Trinajstić information content (AvgIpc) is 3.14. The first-order valence-electron chi connectivity index (χ1n) is 7.28. The standard InChI is InChI=1S/C18H14N4O2/c19-11-13-3-5-14(6-4-13)22-15-7-8-20-17(10-15)18(23)21-12-16-2-1-9-24-16/h1-10H,12H2,(H,20,22)(H,21,23). The maximum Gasteiger partial charge on any atom is 0.270 e. The monoisotopic (exact) mass is 318 g/mol. The molecule has 0 saturated heterocycles. The number of hydrogen-bond acceptors (Lipinski definition) is 5. The van der Waals surface area contributed by atoms with Gasteiger partial charge in [-0.15, -0.1) is 0 Å². The molecule has 3 rings (SSSR count). The van der Waals surface area contributed by atoms with Crippen LogP contribution >= 0.6 is 0 Å². The van der Waals surface area contributed by atoms with Gasteiger partial charge in [-0.1, -0.05) is 0 Å². The molecule has 0 fully saturated rings. The Hall–Kier alpha value is -3.59. The van der Waals surface area contributed by atoms with Gasteiger partial charge in [-0.05, 0) is 48.5 Å². The minimum absolute atomic E-state index is 0.283. The van der Waals surface area contributed by atoms with Gasteiger partial charge in [0.15, 0.2) is 0 Å². The van der Waals surface area contributed by atoms with Crippen molar-refractivity contribution >= 4 is 17.3 Å². The van der Waals surface area contributed by atoms with E-state index in [2.05, 4.69) is 21.7 Å². The molecule has 6 heteroatoms. The van der Waals surface area contributed by atoms with E-state index >= 15 is 0 Å². The second-order valence-corrected chi connectivity index (χ2v) is 5.01. The predicted molar refractivity (Wildman–Crippen MR) is 88.6 cm³/mol. The molecule has 1 aromatic carbocycles. The van der Waals surface area contributed by atoms with E-state index in [1.807, 2.05) is 0 Å². The Morgan fingerprint density at radius 1 is 1.17 bits per heavy atom. The zero-order chi connectivity index (χ0) is 16.8. The number of carbonyl (C=O) groups is 1. The number of nitriles is 1. The molecule has 0 bridgehead atoms. The number of aromatic nitrogens is 1. The highest BCUT2D eigenvalue weighted by molar-refractivity contribution is 5.93. The summed E-state index contributed by atoms with van der Waals surface area (Å²) in [6.07, 6.45) is 3.12. The molecule has 6 nitrogen and oxygen atoms in total. The van der Waals surface area contributed by atoms with Crippen molar-refractivity contribution in [2.75, 3.05) is 5.32 Å². The molecule has 0 radical (unpaired) electrons. The van der Waals surface area contributed by atoms with E-state index in [0.717, 1.165) is 11.4 Å². The molecule has 0 unspecified atom stereocenters. The van der Waals surface area contributed by atoms with Crippen molar-refractivity contribution in [3.63, 3.8) is 0 Å². The summed E-state index contributed by atoms with van der Waals surface area (Å²) in [7, 11) is 0. The summed E-state index contributed by atoms with van der Waals surface area (Å²) in [5.74, 6) is 0.394. The van der Waals surface area contributed by atoms with Crippen molar-refractivity contribution < 1.29 is 9.21 Å². The number of furan rings is 1. The molecule has 3 aromatic rings. The first kappa shape index (κ1) is 15.3. The van der Waals surface area contributed by atoms with Gasteiger partial charge in [0.2, 0.25) is 0 Å². The lowest BCUT2D eigenvalue weighted by atomic mass is 10.2. The first-order chi connectivity index (χ1) is 11.7. The van der Waals surface area contributed by atoms with Gasteiger partial charge in [-0.2, -0.15) is 5.26 Å². The Morgan fingerprint density at radius 3 is 2.71 bits per heavy atom. The smallest absolute Gasteiger partial charge is 0.270 e. The Labute approximate surface area is 138 Å². The van der Waals surface area contributed by atoms with Gasteiger partial charge < -0.3 is 15.1 Å². The van der Waals surface area contributed by atoms with Crippen LogP contribution in [0.5, 0.6) is 0 Å². The van der Waals surface area contributed by atoms with Crippen LogP contribution in [-0.2, 0) is 6.54 Å². The second-order valence-electron chi connectivity index (χ2n) is 5.01. The Balaban J connectivity index is 1.66. The molecule has 118 valence electrons. The van der Waals surface area contributed by atoms with Crippen molar-refractivity contribution in [3.8, 4) is 6.07 Å². The molecular weight excluding hydrogens is 304 g/mol. The van der Waals surface area contributed by atoms with E-state index in [1.165, 1.54) is 0 Å². The minimum Gasteiger partial charge on any atom is -0.467 e. The quantitative estimate of drug-likeness (QED) is 0.753. The van der Waals surface area contributed by atoms with Crippen LogP contribution in [0.3, 0.4) is 0 Å². The maximum absolute atomic E-state index is 12.1. The van der Waals surface area contributed by atoms with Crippen molar-refractivity contribution in [2.45, 2.75) is 6.54 Å². The van der Waals surface area contributed by atoms with E-state index in [-0.39, 0.29) is 5.91 Å². The molecule has 0 aliphatic carbocycles. The van der Waals surface area contributed by atoms with Crippen molar-refractivity contribution in [3.05, 3.63) is 78.0 Å². The lowest BCUT2D eigenvalue weighted by Gasteiger charge is -2.08. The van der Waals surface area contributed by atoms with Crippen LogP contribution in [0.15, 0.2) is 65.4 Å². The summed E-state index contributed by atoms with van der Waals surface area (Å²) in [5.41, 5.74) is 2.45. The largest absolute Gasteiger partial charge is 0.467 e. The zero-order valence-corrected chi connectivity index (χ0v) is 12.7. The summed E-state index contributed by atoms with van der Waals surface area (Å²) in [6.45, 7) is 0.306. The third-order valence-corrected chi connectivity index (χ3v) is 3.30. The maximum atomic E-state index is 12.1. The topological polar surface area (TPSA) is 91.0 Å². The van der Waals surface area contributed by atoms with Crippen LogP contribution in [0.1, 0.15) is 21.8 Å². The number of carbonyl (C=O) groups excluding carboxylic acids is 1. The van der Waals surface area contributed by atoms with Crippen molar-refractivity contribution in [2.24, 2.45) is 0 Å². The minimum atomic E-state index is -0.283. The van der Waals surface area contributed by atoms with Gasteiger partial charge in [0.05, 0.1) is 24.4 Å². The molecule has 0 aliphatic rings. The van der Waals surface area contributed by atoms with Gasteiger partial charge in [-0.3, -0.25) is 9.78 Å². The summed E-state index contributed by atoms with van der Waals surface area (Å²) < 4.78 is 5.17. The summed E-state index contributed by atoms with van der Waals surface area (Å²) in [6, 6.07) is 16.1. The number of nitrogens with zero attached hydrogens (tertiary/aromatic N) is 2. The van der Waals surface area contributed by atoms with Crippen molar-refractivity contribution in [1.29, 1.82) is 5.26 Å².